The molecule has 3 nitrogen and oxygen atoms in total. The van der Waals surface area contributed by atoms with Gasteiger partial charge in [0.05, 0.1) is 16.8 Å². The summed E-state index contributed by atoms with van der Waals surface area (Å²) in [5.74, 6) is -0.221. The summed E-state index contributed by atoms with van der Waals surface area (Å²) in [4.78, 5) is 16.6. The van der Waals surface area contributed by atoms with Gasteiger partial charge in [-0.1, -0.05) is 12.1 Å². The molecule has 4 heteroatoms. The highest BCUT2D eigenvalue weighted by Crippen LogP contribution is 2.33. The molecule has 0 fully saturated rings. The third kappa shape index (κ3) is 2.12. The van der Waals surface area contributed by atoms with E-state index in [1.165, 1.54) is 0 Å². The molecule has 0 N–H and O–H groups in total. The summed E-state index contributed by atoms with van der Waals surface area (Å²) in [5, 5.41) is 0.810. The van der Waals surface area contributed by atoms with E-state index < -0.39 is 5.41 Å². The van der Waals surface area contributed by atoms with Crippen molar-refractivity contribution in [3.8, 4) is 0 Å². The van der Waals surface area contributed by atoms with E-state index >= 15 is 0 Å². The summed E-state index contributed by atoms with van der Waals surface area (Å²) in [6.45, 7) is 7.96. The minimum atomic E-state index is -0.688. The number of hydrogen-bond donors (Lipinski definition) is 0. The fourth-order valence-corrected chi connectivity index (χ4v) is 2.89. The number of nitrogens with zero attached hydrogens (tertiary/aromatic N) is 1. The normalized spacial score (nSPS) is 11.8. The molecule has 1 heterocycles. The monoisotopic (exact) mass is 263 g/mol. The number of aryl methyl sites for hydroxylation is 1. The molecule has 1 aromatic carbocycles. The number of hydrogen-bond acceptors (Lipinski definition) is 4. The number of thiazole rings is 1. The second-order valence-electron chi connectivity index (χ2n) is 4.79. The van der Waals surface area contributed by atoms with E-state index in [2.05, 4.69) is 4.98 Å². The Hall–Kier alpha value is -1.42. The van der Waals surface area contributed by atoms with Crippen molar-refractivity contribution < 1.29 is 9.53 Å². The van der Waals surface area contributed by atoms with Crippen molar-refractivity contribution in [2.24, 2.45) is 0 Å². The molecule has 0 aliphatic heterocycles. The third-order valence-electron chi connectivity index (χ3n) is 2.94. The number of carbonyl (C=O) groups is 1. The Kier molecular flexibility index (Phi) is 3.39. The van der Waals surface area contributed by atoms with E-state index in [1.54, 1.807) is 11.3 Å². The summed E-state index contributed by atoms with van der Waals surface area (Å²) >= 11 is 1.56. The van der Waals surface area contributed by atoms with E-state index in [4.69, 9.17) is 4.74 Å². The Morgan fingerprint density at radius 3 is 2.78 bits per heavy atom. The van der Waals surface area contributed by atoms with Crippen LogP contribution in [0.4, 0.5) is 0 Å². The number of rotatable bonds is 3. The summed E-state index contributed by atoms with van der Waals surface area (Å²) in [5.41, 5.74) is 1.43. The molecule has 2 aromatic rings. The second-order valence-corrected chi connectivity index (χ2v) is 5.82. The zero-order valence-corrected chi connectivity index (χ0v) is 11.9. The average molecular weight is 263 g/mol. The first-order valence-electron chi connectivity index (χ1n) is 6.00. The van der Waals surface area contributed by atoms with Crippen LogP contribution < -0.4 is 0 Å². The van der Waals surface area contributed by atoms with Crippen molar-refractivity contribution in [2.45, 2.75) is 33.1 Å². The van der Waals surface area contributed by atoms with Gasteiger partial charge in [-0.15, -0.1) is 11.3 Å². The highest BCUT2D eigenvalue weighted by atomic mass is 32.1. The van der Waals surface area contributed by atoms with Crippen LogP contribution in [0.5, 0.6) is 0 Å². The van der Waals surface area contributed by atoms with Crippen LogP contribution in [0.1, 0.15) is 31.3 Å². The number of aromatic nitrogens is 1. The van der Waals surface area contributed by atoms with Gasteiger partial charge in [0.1, 0.15) is 10.4 Å². The van der Waals surface area contributed by atoms with E-state index in [9.17, 15) is 4.79 Å². The molecule has 0 bridgehead atoms. The van der Waals surface area contributed by atoms with Crippen LogP contribution in [-0.2, 0) is 14.9 Å². The molecule has 1 aromatic heterocycles. The minimum Gasteiger partial charge on any atom is -0.465 e. The molecule has 0 radical (unpaired) electrons. The lowest BCUT2D eigenvalue weighted by atomic mass is 9.95. The Morgan fingerprint density at radius 1 is 1.44 bits per heavy atom. The van der Waals surface area contributed by atoms with Gasteiger partial charge in [0.2, 0.25) is 0 Å². The lowest BCUT2D eigenvalue weighted by Gasteiger charge is -2.19. The van der Waals surface area contributed by atoms with Gasteiger partial charge in [-0.25, -0.2) is 4.98 Å². The Bertz CT molecular complexity index is 586. The molecular formula is C14H17NO2S. The molecule has 0 aliphatic carbocycles. The number of esters is 1. The summed E-state index contributed by atoms with van der Waals surface area (Å²) < 4.78 is 6.23. The van der Waals surface area contributed by atoms with Crippen molar-refractivity contribution in [1.82, 2.24) is 4.98 Å². The maximum absolute atomic E-state index is 12.0. The van der Waals surface area contributed by atoms with E-state index in [0.29, 0.717) is 6.61 Å². The topological polar surface area (TPSA) is 39.2 Å². The molecule has 18 heavy (non-hydrogen) atoms. The number of fused-ring (bicyclic) bond motifs is 1. The fraction of sp³-hybridized carbons (Fsp3) is 0.429. The van der Waals surface area contributed by atoms with Gasteiger partial charge < -0.3 is 4.74 Å². The van der Waals surface area contributed by atoms with Gasteiger partial charge in [-0.3, -0.25) is 4.79 Å². The molecule has 0 saturated carbocycles. The molecule has 0 atom stereocenters. The Labute approximate surface area is 111 Å². The van der Waals surface area contributed by atoms with Crippen LogP contribution in [0, 0.1) is 6.92 Å². The first-order valence-corrected chi connectivity index (χ1v) is 6.82. The summed E-state index contributed by atoms with van der Waals surface area (Å²) in [6.07, 6.45) is 0. The van der Waals surface area contributed by atoms with E-state index in [-0.39, 0.29) is 5.97 Å². The predicted octanol–water partition coefficient (Wildman–Crippen LogP) is 3.45. The van der Waals surface area contributed by atoms with Gasteiger partial charge in [-0.05, 0) is 39.3 Å². The molecule has 0 amide bonds. The lowest BCUT2D eigenvalue weighted by Crippen LogP contribution is -2.30. The van der Waals surface area contributed by atoms with Gasteiger partial charge in [0, 0.05) is 0 Å². The van der Waals surface area contributed by atoms with Crippen molar-refractivity contribution in [3.05, 3.63) is 28.8 Å². The number of carbonyl (C=O) groups excluding carboxylic acids is 1. The summed E-state index contributed by atoms with van der Waals surface area (Å²) in [6, 6.07) is 6.07. The van der Waals surface area contributed by atoms with Crippen LogP contribution in [0.3, 0.4) is 0 Å². The minimum absolute atomic E-state index is 0.221. The zero-order valence-electron chi connectivity index (χ0n) is 11.1. The van der Waals surface area contributed by atoms with Gasteiger partial charge in [-0.2, -0.15) is 0 Å². The van der Waals surface area contributed by atoms with Gasteiger partial charge in [0.25, 0.3) is 0 Å². The standard InChI is InChI=1S/C14H17NO2S/c1-5-17-13(16)14(3,4)12-15-11-9(2)7-6-8-10(11)18-12/h6-8H,5H2,1-4H3. The molecule has 0 spiro atoms. The van der Waals surface area contributed by atoms with Crippen molar-refractivity contribution >= 4 is 27.5 Å². The Morgan fingerprint density at radius 2 is 2.17 bits per heavy atom. The first kappa shape index (κ1) is 13.0. The Balaban J connectivity index is 2.48. The molecule has 2 rings (SSSR count). The number of para-hydroxylation sites is 1. The lowest BCUT2D eigenvalue weighted by molar-refractivity contribution is -0.148. The molecule has 96 valence electrons. The zero-order chi connectivity index (χ0) is 13.3. The SMILES string of the molecule is CCOC(=O)C(C)(C)c1nc2c(C)cccc2s1. The van der Waals surface area contributed by atoms with Crippen LogP contribution in [0.2, 0.25) is 0 Å². The van der Waals surface area contributed by atoms with Crippen molar-refractivity contribution in [2.75, 3.05) is 6.61 Å². The largest absolute Gasteiger partial charge is 0.465 e. The van der Waals surface area contributed by atoms with E-state index in [1.807, 2.05) is 45.9 Å². The highest BCUT2D eigenvalue weighted by molar-refractivity contribution is 7.18. The van der Waals surface area contributed by atoms with Crippen molar-refractivity contribution in [1.29, 1.82) is 0 Å². The first-order chi connectivity index (χ1) is 8.46. The maximum Gasteiger partial charge on any atom is 0.318 e. The summed E-state index contributed by atoms with van der Waals surface area (Å²) in [7, 11) is 0. The van der Waals surface area contributed by atoms with Gasteiger partial charge in [0.15, 0.2) is 0 Å². The van der Waals surface area contributed by atoms with E-state index in [0.717, 1.165) is 20.8 Å². The quantitative estimate of drug-likeness (QED) is 0.796. The number of ether oxygens (including phenoxy) is 1. The second kappa shape index (κ2) is 4.69. The predicted molar refractivity (Wildman–Crippen MR) is 74.0 cm³/mol. The van der Waals surface area contributed by atoms with Crippen molar-refractivity contribution in [3.63, 3.8) is 0 Å². The fourth-order valence-electron chi connectivity index (χ4n) is 1.75. The third-order valence-corrected chi connectivity index (χ3v) is 4.29. The molecule has 0 saturated heterocycles. The highest BCUT2D eigenvalue weighted by Gasteiger charge is 2.34. The smallest absolute Gasteiger partial charge is 0.318 e. The number of benzene rings is 1. The molecule has 0 unspecified atom stereocenters. The molecule has 0 aliphatic rings. The molecular weight excluding hydrogens is 246 g/mol. The van der Waals surface area contributed by atoms with Crippen LogP contribution in [0.15, 0.2) is 18.2 Å². The average Bonchev–Trinajstić information content (AvgIpc) is 2.75. The van der Waals surface area contributed by atoms with Crippen LogP contribution in [-0.4, -0.2) is 17.6 Å². The van der Waals surface area contributed by atoms with Crippen LogP contribution in [0.25, 0.3) is 10.2 Å². The van der Waals surface area contributed by atoms with Crippen LogP contribution >= 0.6 is 11.3 Å². The van der Waals surface area contributed by atoms with Gasteiger partial charge >= 0.3 is 5.97 Å². The maximum atomic E-state index is 12.0.